The lowest BCUT2D eigenvalue weighted by atomic mass is 9.81. The summed E-state index contributed by atoms with van der Waals surface area (Å²) in [5, 5.41) is 22.8. The number of carboxylic acids is 1. The largest absolute Gasteiger partial charge is 0.478 e. The van der Waals surface area contributed by atoms with Crippen LogP contribution in [0.15, 0.2) is 18.2 Å². The molecule has 0 amide bonds. The first kappa shape index (κ1) is 12.3. The zero-order valence-electron chi connectivity index (χ0n) is 9.92. The average Bonchev–Trinajstić information content (AvgIpc) is 2.26. The SMILES string of the molecule is CC1CC(Nc2ccc([N+](=O)[O-])cc2C(=O)O)C1. The van der Waals surface area contributed by atoms with Crippen molar-refractivity contribution in [1.82, 2.24) is 0 Å². The maximum atomic E-state index is 11.1. The van der Waals surface area contributed by atoms with Crippen molar-refractivity contribution in [3.63, 3.8) is 0 Å². The highest BCUT2D eigenvalue weighted by Gasteiger charge is 2.26. The fourth-order valence-corrected chi connectivity index (χ4v) is 2.19. The van der Waals surface area contributed by atoms with E-state index >= 15 is 0 Å². The van der Waals surface area contributed by atoms with E-state index in [0.29, 0.717) is 11.6 Å². The molecule has 2 rings (SSSR count). The van der Waals surface area contributed by atoms with Gasteiger partial charge in [0.25, 0.3) is 5.69 Å². The highest BCUT2D eigenvalue weighted by Crippen LogP contribution is 2.31. The second-order valence-electron chi connectivity index (χ2n) is 4.71. The van der Waals surface area contributed by atoms with Gasteiger partial charge in [0.1, 0.15) is 0 Å². The minimum atomic E-state index is -1.16. The van der Waals surface area contributed by atoms with Crippen molar-refractivity contribution in [3.8, 4) is 0 Å². The van der Waals surface area contributed by atoms with Crippen molar-refractivity contribution in [2.24, 2.45) is 5.92 Å². The first-order valence-electron chi connectivity index (χ1n) is 5.75. The minimum Gasteiger partial charge on any atom is -0.478 e. The average molecular weight is 250 g/mol. The Bertz CT molecular complexity index is 495. The van der Waals surface area contributed by atoms with E-state index in [9.17, 15) is 14.9 Å². The van der Waals surface area contributed by atoms with Crippen molar-refractivity contribution >= 4 is 17.3 Å². The van der Waals surface area contributed by atoms with E-state index in [1.54, 1.807) is 0 Å². The third-order valence-electron chi connectivity index (χ3n) is 3.18. The molecule has 0 heterocycles. The number of benzene rings is 1. The number of hydrogen-bond acceptors (Lipinski definition) is 4. The van der Waals surface area contributed by atoms with Gasteiger partial charge in [0.2, 0.25) is 0 Å². The Morgan fingerprint density at radius 1 is 1.50 bits per heavy atom. The Hall–Kier alpha value is -2.11. The molecule has 0 atom stereocenters. The number of nitrogens with zero attached hydrogens (tertiary/aromatic N) is 1. The quantitative estimate of drug-likeness (QED) is 0.632. The Kier molecular flexibility index (Phi) is 3.18. The molecule has 0 aliphatic heterocycles. The van der Waals surface area contributed by atoms with E-state index < -0.39 is 10.9 Å². The molecule has 1 aliphatic rings. The van der Waals surface area contributed by atoms with Gasteiger partial charge in [-0.2, -0.15) is 0 Å². The summed E-state index contributed by atoms with van der Waals surface area (Å²) in [6.45, 7) is 2.13. The minimum absolute atomic E-state index is 0.0521. The van der Waals surface area contributed by atoms with Crippen LogP contribution in [0.5, 0.6) is 0 Å². The molecule has 6 nitrogen and oxygen atoms in total. The molecule has 0 bridgehead atoms. The van der Waals surface area contributed by atoms with Gasteiger partial charge in [0.15, 0.2) is 0 Å². The molecule has 0 radical (unpaired) electrons. The van der Waals surface area contributed by atoms with Gasteiger partial charge in [-0.05, 0) is 24.8 Å². The Balaban J connectivity index is 2.23. The lowest BCUT2D eigenvalue weighted by Gasteiger charge is -2.34. The first-order valence-corrected chi connectivity index (χ1v) is 5.75. The molecule has 0 aromatic heterocycles. The van der Waals surface area contributed by atoms with Crippen LogP contribution in [0.4, 0.5) is 11.4 Å². The molecule has 6 heteroatoms. The molecular weight excluding hydrogens is 236 g/mol. The summed E-state index contributed by atoms with van der Waals surface area (Å²) in [5.74, 6) is -0.512. The fraction of sp³-hybridized carbons (Fsp3) is 0.417. The van der Waals surface area contributed by atoms with E-state index in [-0.39, 0.29) is 17.3 Å². The number of anilines is 1. The van der Waals surface area contributed by atoms with Gasteiger partial charge in [-0.3, -0.25) is 10.1 Å². The monoisotopic (exact) mass is 250 g/mol. The Morgan fingerprint density at radius 2 is 2.17 bits per heavy atom. The van der Waals surface area contributed by atoms with Crippen LogP contribution in [-0.2, 0) is 0 Å². The summed E-state index contributed by atoms with van der Waals surface area (Å²) in [5.41, 5.74) is 0.189. The van der Waals surface area contributed by atoms with Crippen LogP contribution in [0.25, 0.3) is 0 Å². The van der Waals surface area contributed by atoms with E-state index in [1.807, 2.05) is 0 Å². The molecule has 96 valence electrons. The van der Waals surface area contributed by atoms with E-state index in [1.165, 1.54) is 12.1 Å². The zero-order valence-corrected chi connectivity index (χ0v) is 9.92. The molecule has 1 saturated carbocycles. The number of non-ortho nitro benzene ring substituents is 1. The lowest BCUT2D eigenvalue weighted by molar-refractivity contribution is -0.384. The molecule has 1 aromatic carbocycles. The molecule has 0 spiro atoms. The van der Waals surface area contributed by atoms with Crippen molar-refractivity contribution < 1.29 is 14.8 Å². The van der Waals surface area contributed by atoms with Crippen LogP contribution < -0.4 is 5.32 Å². The number of carboxylic acid groups (broad SMARTS) is 1. The van der Waals surface area contributed by atoms with Gasteiger partial charge in [0.05, 0.1) is 10.5 Å². The predicted molar refractivity (Wildman–Crippen MR) is 65.9 cm³/mol. The summed E-state index contributed by atoms with van der Waals surface area (Å²) in [4.78, 5) is 21.1. The number of nitrogens with one attached hydrogen (secondary N) is 1. The summed E-state index contributed by atoms with van der Waals surface area (Å²) in [6.07, 6.45) is 1.99. The Morgan fingerprint density at radius 3 is 2.67 bits per heavy atom. The molecule has 1 aromatic rings. The van der Waals surface area contributed by atoms with Crippen LogP contribution in [0.1, 0.15) is 30.1 Å². The second kappa shape index (κ2) is 4.64. The summed E-state index contributed by atoms with van der Waals surface area (Å²) in [7, 11) is 0. The summed E-state index contributed by atoms with van der Waals surface area (Å²) in [6, 6.07) is 4.13. The normalized spacial score (nSPS) is 22.1. The highest BCUT2D eigenvalue weighted by atomic mass is 16.6. The van der Waals surface area contributed by atoms with Crippen molar-refractivity contribution in [1.29, 1.82) is 0 Å². The summed E-state index contributed by atoms with van der Waals surface area (Å²) < 4.78 is 0. The standard InChI is InChI=1S/C12H14N2O4/c1-7-4-8(5-7)13-11-3-2-9(14(17)18)6-10(11)12(15)16/h2-3,6-8,13H,4-5H2,1H3,(H,15,16). The van der Waals surface area contributed by atoms with E-state index in [2.05, 4.69) is 12.2 Å². The molecular formula is C12H14N2O4. The Labute approximate surface area is 104 Å². The predicted octanol–water partition coefficient (Wildman–Crippen LogP) is 2.50. The van der Waals surface area contributed by atoms with Gasteiger partial charge in [-0.25, -0.2) is 4.79 Å². The van der Waals surface area contributed by atoms with Crippen LogP contribution >= 0.6 is 0 Å². The van der Waals surface area contributed by atoms with Crippen LogP contribution in [0.2, 0.25) is 0 Å². The van der Waals surface area contributed by atoms with Gasteiger partial charge in [-0.15, -0.1) is 0 Å². The highest BCUT2D eigenvalue weighted by molar-refractivity contribution is 5.95. The summed E-state index contributed by atoms with van der Waals surface area (Å²) >= 11 is 0. The number of nitro groups is 1. The van der Waals surface area contributed by atoms with Crippen molar-refractivity contribution in [3.05, 3.63) is 33.9 Å². The maximum Gasteiger partial charge on any atom is 0.338 e. The number of aromatic carboxylic acids is 1. The van der Waals surface area contributed by atoms with E-state index in [0.717, 1.165) is 18.9 Å². The molecule has 18 heavy (non-hydrogen) atoms. The van der Waals surface area contributed by atoms with Crippen LogP contribution in [0, 0.1) is 16.0 Å². The van der Waals surface area contributed by atoms with Gasteiger partial charge in [0, 0.05) is 23.9 Å². The van der Waals surface area contributed by atoms with Gasteiger partial charge in [-0.1, -0.05) is 6.92 Å². The zero-order chi connectivity index (χ0) is 13.3. The van der Waals surface area contributed by atoms with Crippen molar-refractivity contribution in [2.45, 2.75) is 25.8 Å². The number of hydrogen-bond donors (Lipinski definition) is 2. The third kappa shape index (κ3) is 2.42. The molecule has 1 fully saturated rings. The fourth-order valence-electron chi connectivity index (χ4n) is 2.19. The number of carbonyl (C=O) groups is 1. The molecule has 0 saturated heterocycles. The molecule has 2 N–H and O–H groups in total. The van der Waals surface area contributed by atoms with Crippen LogP contribution in [0.3, 0.4) is 0 Å². The first-order chi connectivity index (χ1) is 8.47. The van der Waals surface area contributed by atoms with Crippen LogP contribution in [-0.4, -0.2) is 22.0 Å². The molecule has 0 unspecified atom stereocenters. The number of rotatable bonds is 4. The smallest absolute Gasteiger partial charge is 0.338 e. The maximum absolute atomic E-state index is 11.1. The third-order valence-corrected chi connectivity index (χ3v) is 3.18. The van der Waals surface area contributed by atoms with Gasteiger partial charge >= 0.3 is 5.97 Å². The number of nitro benzene ring substituents is 1. The lowest BCUT2D eigenvalue weighted by Crippen LogP contribution is -2.34. The molecule has 1 aliphatic carbocycles. The topological polar surface area (TPSA) is 92.5 Å². The van der Waals surface area contributed by atoms with Crippen molar-refractivity contribution in [2.75, 3.05) is 5.32 Å². The van der Waals surface area contributed by atoms with Gasteiger partial charge < -0.3 is 10.4 Å². The van der Waals surface area contributed by atoms with E-state index in [4.69, 9.17) is 5.11 Å². The second-order valence-corrected chi connectivity index (χ2v) is 4.71.